The third kappa shape index (κ3) is 4.33. The Kier molecular flexibility index (Phi) is 6.34. The van der Waals surface area contributed by atoms with Gasteiger partial charge < -0.3 is 19.0 Å². The summed E-state index contributed by atoms with van der Waals surface area (Å²) in [5.41, 5.74) is 1.95. The van der Waals surface area contributed by atoms with Gasteiger partial charge in [-0.15, -0.1) is 0 Å². The topological polar surface area (TPSA) is 61.8 Å². The first-order chi connectivity index (χ1) is 11.5. The fourth-order valence-corrected chi connectivity index (χ4v) is 2.85. The number of esters is 1. The molecule has 6 heteroatoms. The minimum Gasteiger partial charge on any atom is -0.468 e. The number of hydrogen-bond donors (Lipinski definition) is 0. The highest BCUT2D eigenvalue weighted by molar-refractivity contribution is 9.10. The van der Waals surface area contributed by atoms with Crippen molar-refractivity contribution in [1.82, 2.24) is 0 Å². The average Bonchev–Trinajstić information content (AvgIpc) is 2.60. The molecule has 0 N–H and O–H groups in total. The van der Waals surface area contributed by atoms with Crippen molar-refractivity contribution in [2.75, 3.05) is 20.5 Å². The molecule has 0 saturated heterocycles. The Bertz CT molecular complexity index is 680. The summed E-state index contributed by atoms with van der Waals surface area (Å²) in [5, 5.41) is 0. The maximum atomic E-state index is 12.3. The van der Waals surface area contributed by atoms with Crippen molar-refractivity contribution < 1.29 is 23.8 Å². The van der Waals surface area contributed by atoms with Crippen LogP contribution in [0.4, 0.5) is 0 Å². The van der Waals surface area contributed by atoms with E-state index in [1.54, 1.807) is 37.3 Å². The summed E-state index contributed by atoms with van der Waals surface area (Å²) in [5.74, 6) is 0.161. The number of ether oxygens (including phenoxy) is 3. The minimum absolute atomic E-state index is 0.105. The molecule has 5 nitrogen and oxygen atoms in total. The molecular weight excluding hydrogens is 376 g/mol. The lowest BCUT2D eigenvalue weighted by molar-refractivity contribution is -0.108. The number of halogens is 1. The number of carbonyl (C=O) groups excluding carboxylic acids is 2. The molecule has 0 aliphatic heterocycles. The van der Waals surface area contributed by atoms with Crippen LogP contribution in [-0.2, 0) is 14.3 Å². The summed E-state index contributed by atoms with van der Waals surface area (Å²) in [4.78, 5) is 23.6. The monoisotopic (exact) mass is 394 g/mol. The zero-order valence-corrected chi connectivity index (χ0v) is 15.2. The fraction of sp³-hybridized carbons (Fsp3) is 0.333. The zero-order chi connectivity index (χ0) is 17.6. The Hall–Kier alpha value is -1.92. The first kappa shape index (κ1) is 18.4. The van der Waals surface area contributed by atoms with Gasteiger partial charge in [-0.2, -0.15) is 0 Å². The molecule has 1 unspecified atom stereocenters. The largest absolute Gasteiger partial charge is 0.468 e. The molecule has 1 aliphatic carbocycles. The van der Waals surface area contributed by atoms with Crippen LogP contribution in [0.15, 0.2) is 36.4 Å². The molecule has 0 radical (unpaired) electrons. The lowest BCUT2D eigenvalue weighted by Gasteiger charge is -2.23. The molecule has 1 aromatic carbocycles. The normalized spacial score (nSPS) is 19.5. The first-order valence-corrected chi connectivity index (χ1v) is 8.29. The average molecular weight is 395 g/mol. The maximum Gasteiger partial charge on any atom is 0.338 e. The number of allylic oxidation sites excluding steroid dienone is 4. The van der Waals surface area contributed by atoms with Gasteiger partial charge in [0.05, 0.1) is 12.2 Å². The van der Waals surface area contributed by atoms with Gasteiger partial charge in [-0.1, -0.05) is 34.2 Å². The van der Waals surface area contributed by atoms with E-state index < -0.39 is 10.3 Å². The second kappa shape index (κ2) is 8.26. The molecule has 128 valence electrons. The predicted molar refractivity (Wildman–Crippen MR) is 94.4 cm³/mol. The van der Waals surface area contributed by atoms with E-state index >= 15 is 0 Å². The summed E-state index contributed by atoms with van der Waals surface area (Å²) in [7, 11) is 1.53. The number of alkyl halides is 1. The van der Waals surface area contributed by atoms with Crippen molar-refractivity contribution in [2.45, 2.75) is 17.7 Å². The Morgan fingerprint density at radius 1 is 1.42 bits per heavy atom. The quantitative estimate of drug-likeness (QED) is 0.306. The lowest BCUT2D eigenvalue weighted by atomic mass is 9.88. The molecule has 0 spiro atoms. The molecular formula is C18H19BrO5. The number of benzene rings is 1. The highest BCUT2D eigenvalue weighted by Gasteiger charge is 2.28. The SMILES string of the molecule is CCOC(=O)c1ccc(OCOC)cc1C1=CC=CC(Br)(C=O)C1. The molecule has 0 aromatic heterocycles. The van der Waals surface area contributed by atoms with E-state index in [4.69, 9.17) is 14.2 Å². The van der Waals surface area contributed by atoms with E-state index in [2.05, 4.69) is 15.9 Å². The molecule has 1 aromatic rings. The van der Waals surface area contributed by atoms with Crippen molar-refractivity contribution in [3.63, 3.8) is 0 Å². The third-order valence-electron chi connectivity index (χ3n) is 3.50. The van der Waals surface area contributed by atoms with E-state index in [0.29, 0.717) is 23.3 Å². The van der Waals surface area contributed by atoms with E-state index in [-0.39, 0.29) is 13.4 Å². The molecule has 1 atom stereocenters. The Labute approximate surface area is 149 Å². The fourth-order valence-electron chi connectivity index (χ4n) is 2.39. The summed E-state index contributed by atoms with van der Waals surface area (Å²) in [6.07, 6.45) is 6.71. The van der Waals surface area contributed by atoms with E-state index in [1.165, 1.54) is 7.11 Å². The van der Waals surface area contributed by atoms with Crippen molar-refractivity contribution in [3.05, 3.63) is 47.6 Å². The summed E-state index contributed by atoms with van der Waals surface area (Å²) >= 11 is 3.42. The van der Waals surface area contributed by atoms with Gasteiger partial charge in [-0.25, -0.2) is 4.79 Å². The number of rotatable bonds is 7. The molecule has 0 amide bonds. The molecule has 24 heavy (non-hydrogen) atoms. The van der Waals surface area contributed by atoms with Crippen LogP contribution in [0, 0.1) is 0 Å². The Balaban J connectivity index is 2.43. The maximum absolute atomic E-state index is 12.3. The van der Waals surface area contributed by atoms with Crippen molar-refractivity contribution >= 4 is 33.8 Å². The van der Waals surface area contributed by atoms with Crippen LogP contribution in [0.3, 0.4) is 0 Å². The highest BCUT2D eigenvalue weighted by Crippen LogP contribution is 2.37. The Morgan fingerprint density at radius 3 is 2.88 bits per heavy atom. The molecule has 0 heterocycles. The van der Waals surface area contributed by atoms with E-state index in [0.717, 1.165) is 11.9 Å². The number of methoxy groups -OCH3 is 1. The Morgan fingerprint density at radius 2 is 2.21 bits per heavy atom. The molecule has 2 rings (SSSR count). The van der Waals surface area contributed by atoms with Gasteiger partial charge in [0.2, 0.25) is 0 Å². The summed E-state index contributed by atoms with van der Waals surface area (Å²) in [6.45, 7) is 2.15. The second-order valence-electron chi connectivity index (χ2n) is 5.25. The number of hydrogen-bond acceptors (Lipinski definition) is 5. The number of carbonyl (C=O) groups is 2. The van der Waals surface area contributed by atoms with E-state index in [9.17, 15) is 9.59 Å². The number of aldehydes is 1. The summed E-state index contributed by atoms with van der Waals surface area (Å²) in [6, 6.07) is 5.11. The van der Waals surface area contributed by atoms with Crippen LogP contribution in [0.5, 0.6) is 5.75 Å². The van der Waals surface area contributed by atoms with Crippen LogP contribution >= 0.6 is 15.9 Å². The van der Waals surface area contributed by atoms with Gasteiger partial charge in [-0.05, 0) is 42.7 Å². The van der Waals surface area contributed by atoms with Gasteiger partial charge in [0.25, 0.3) is 0 Å². The van der Waals surface area contributed by atoms with Gasteiger partial charge in [0.15, 0.2) is 6.79 Å². The summed E-state index contributed by atoms with van der Waals surface area (Å²) < 4.78 is 14.7. The van der Waals surface area contributed by atoms with Crippen molar-refractivity contribution in [3.8, 4) is 5.75 Å². The smallest absolute Gasteiger partial charge is 0.338 e. The van der Waals surface area contributed by atoms with Crippen LogP contribution in [-0.4, -0.2) is 37.1 Å². The van der Waals surface area contributed by atoms with Crippen LogP contribution < -0.4 is 4.74 Å². The zero-order valence-electron chi connectivity index (χ0n) is 13.6. The molecule has 0 bridgehead atoms. The third-order valence-corrected chi connectivity index (χ3v) is 4.24. The molecule has 1 aliphatic rings. The second-order valence-corrected chi connectivity index (χ2v) is 6.73. The van der Waals surface area contributed by atoms with Crippen LogP contribution in [0.1, 0.15) is 29.3 Å². The van der Waals surface area contributed by atoms with Gasteiger partial charge in [0, 0.05) is 7.11 Å². The van der Waals surface area contributed by atoms with E-state index in [1.807, 2.05) is 6.08 Å². The van der Waals surface area contributed by atoms with Crippen LogP contribution in [0.2, 0.25) is 0 Å². The minimum atomic E-state index is -0.771. The molecule has 0 fully saturated rings. The van der Waals surface area contributed by atoms with Crippen LogP contribution in [0.25, 0.3) is 5.57 Å². The highest BCUT2D eigenvalue weighted by atomic mass is 79.9. The molecule has 0 saturated carbocycles. The van der Waals surface area contributed by atoms with Crippen molar-refractivity contribution in [1.29, 1.82) is 0 Å². The van der Waals surface area contributed by atoms with Gasteiger partial charge in [0.1, 0.15) is 16.4 Å². The standard InChI is InChI=1S/C18H19BrO5/c1-3-23-17(21)15-7-6-14(24-12-22-2)9-16(15)13-5-4-8-18(19,10-13)11-20/h4-9,11H,3,10,12H2,1-2H3. The first-order valence-electron chi connectivity index (χ1n) is 7.50. The predicted octanol–water partition coefficient (Wildman–Crippen LogP) is 3.52. The lowest BCUT2D eigenvalue weighted by Crippen LogP contribution is -2.22. The van der Waals surface area contributed by atoms with Gasteiger partial charge in [-0.3, -0.25) is 0 Å². The van der Waals surface area contributed by atoms with Gasteiger partial charge >= 0.3 is 5.97 Å². The van der Waals surface area contributed by atoms with Crippen molar-refractivity contribution in [2.24, 2.45) is 0 Å².